The van der Waals surface area contributed by atoms with Gasteiger partial charge in [-0.25, -0.2) is 4.98 Å². The van der Waals surface area contributed by atoms with E-state index < -0.39 is 0 Å². The van der Waals surface area contributed by atoms with Gasteiger partial charge in [-0.3, -0.25) is 10.1 Å². The Morgan fingerprint density at radius 2 is 2.14 bits per heavy atom. The van der Waals surface area contributed by atoms with Crippen molar-refractivity contribution >= 4 is 49.5 Å². The van der Waals surface area contributed by atoms with Gasteiger partial charge in [0.25, 0.3) is 5.91 Å². The number of thiazole rings is 1. The van der Waals surface area contributed by atoms with Gasteiger partial charge in [0.2, 0.25) is 0 Å². The van der Waals surface area contributed by atoms with Crippen LogP contribution in [0.3, 0.4) is 0 Å². The average molecular weight is 315 g/mol. The van der Waals surface area contributed by atoms with Gasteiger partial charge in [0.1, 0.15) is 4.88 Å². The van der Waals surface area contributed by atoms with Crippen LogP contribution in [-0.4, -0.2) is 10.9 Å². The Balaban J connectivity index is 1.61. The lowest BCUT2D eigenvalue weighted by molar-refractivity contribution is 0.103. The highest BCUT2D eigenvalue weighted by Gasteiger charge is 2.26. The second-order valence-corrected chi connectivity index (χ2v) is 7.06. The molecule has 3 N–H and O–H groups in total. The molecule has 4 nitrogen and oxygen atoms in total. The number of carbonyl (C=O) groups is 1. The molecule has 0 atom stereocenters. The lowest BCUT2D eigenvalue weighted by Gasteiger charge is -2.00. The van der Waals surface area contributed by atoms with Gasteiger partial charge in [-0.05, 0) is 18.9 Å². The molecule has 2 aromatic heterocycles. The number of rotatable bonds is 3. The van der Waals surface area contributed by atoms with E-state index in [1.54, 1.807) is 0 Å². The van der Waals surface area contributed by atoms with Crippen molar-refractivity contribution in [3.63, 3.8) is 0 Å². The molecule has 0 spiro atoms. The van der Waals surface area contributed by atoms with Crippen molar-refractivity contribution in [1.29, 1.82) is 0 Å². The highest BCUT2D eigenvalue weighted by Crippen LogP contribution is 2.41. The molecular weight excluding hydrogens is 302 g/mol. The number of nitrogens with one attached hydrogen (secondary N) is 1. The van der Waals surface area contributed by atoms with Crippen LogP contribution >= 0.6 is 22.7 Å². The molecule has 1 aliphatic carbocycles. The van der Waals surface area contributed by atoms with Crippen molar-refractivity contribution in [3.05, 3.63) is 40.2 Å². The fraction of sp³-hybridized carbons (Fsp3) is 0.200. The molecule has 1 amide bonds. The summed E-state index contributed by atoms with van der Waals surface area (Å²) in [7, 11) is 0. The predicted molar refractivity (Wildman–Crippen MR) is 88.3 cm³/mol. The van der Waals surface area contributed by atoms with Gasteiger partial charge in [0.05, 0.1) is 11.4 Å². The molecule has 3 aromatic rings. The molecule has 106 valence electrons. The third-order valence-corrected chi connectivity index (χ3v) is 5.54. The van der Waals surface area contributed by atoms with E-state index in [9.17, 15) is 4.79 Å². The third-order valence-electron chi connectivity index (χ3n) is 3.58. The van der Waals surface area contributed by atoms with Crippen LogP contribution in [0.15, 0.2) is 29.6 Å². The zero-order valence-electron chi connectivity index (χ0n) is 11.1. The molecule has 4 rings (SSSR count). The van der Waals surface area contributed by atoms with E-state index in [-0.39, 0.29) is 5.91 Å². The van der Waals surface area contributed by atoms with Crippen LogP contribution in [0.1, 0.15) is 34.1 Å². The van der Waals surface area contributed by atoms with Gasteiger partial charge < -0.3 is 5.73 Å². The Bertz CT molecular complexity index is 832. The number of amides is 1. The van der Waals surface area contributed by atoms with Crippen molar-refractivity contribution in [3.8, 4) is 0 Å². The van der Waals surface area contributed by atoms with Crippen molar-refractivity contribution in [2.75, 3.05) is 11.1 Å². The number of thiophene rings is 1. The van der Waals surface area contributed by atoms with Crippen molar-refractivity contribution in [1.82, 2.24) is 4.98 Å². The maximum Gasteiger partial charge on any atom is 0.269 e. The molecule has 2 heterocycles. The molecule has 1 aromatic carbocycles. The molecule has 0 aliphatic heterocycles. The summed E-state index contributed by atoms with van der Waals surface area (Å²) in [6.45, 7) is 0. The number of aromatic nitrogens is 1. The number of carbonyl (C=O) groups excluding carboxylic acids is 1. The smallest absolute Gasteiger partial charge is 0.269 e. The molecular formula is C15H13N3OS2. The van der Waals surface area contributed by atoms with Crippen LogP contribution in [0, 0.1) is 0 Å². The maximum atomic E-state index is 12.4. The molecule has 1 aliphatic rings. The molecule has 21 heavy (non-hydrogen) atoms. The molecule has 1 saturated carbocycles. The largest absolute Gasteiger partial charge is 0.397 e. The van der Waals surface area contributed by atoms with Crippen LogP contribution in [0.2, 0.25) is 0 Å². The van der Waals surface area contributed by atoms with Gasteiger partial charge in [0.15, 0.2) is 5.13 Å². The number of nitrogen functional groups attached to an aromatic ring is 1. The third kappa shape index (κ3) is 2.30. The Hall–Kier alpha value is -1.92. The fourth-order valence-corrected chi connectivity index (χ4v) is 4.10. The van der Waals surface area contributed by atoms with Crippen molar-refractivity contribution in [2.24, 2.45) is 0 Å². The number of nitrogens with zero attached hydrogens (tertiary/aromatic N) is 1. The highest BCUT2D eigenvalue weighted by molar-refractivity contribution is 7.21. The van der Waals surface area contributed by atoms with Gasteiger partial charge in [-0.1, -0.05) is 18.2 Å². The fourth-order valence-electron chi connectivity index (χ4n) is 2.30. The second kappa shape index (κ2) is 4.82. The van der Waals surface area contributed by atoms with E-state index in [4.69, 9.17) is 5.73 Å². The number of fused-ring (bicyclic) bond motifs is 1. The highest BCUT2D eigenvalue weighted by atomic mass is 32.1. The Morgan fingerprint density at radius 3 is 2.90 bits per heavy atom. The molecule has 6 heteroatoms. The van der Waals surface area contributed by atoms with E-state index in [2.05, 4.69) is 10.3 Å². The zero-order valence-corrected chi connectivity index (χ0v) is 12.8. The standard InChI is InChI=1S/C15H13N3OS2/c16-12-9-3-1-2-4-11(9)21-13(12)14(19)18-15-17-10(7-20-15)8-5-6-8/h1-4,7-8H,5-6,16H2,(H,17,18,19). The number of benzene rings is 1. The summed E-state index contributed by atoms with van der Waals surface area (Å²) in [6.07, 6.45) is 2.42. The molecule has 1 fully saturated rings. The lowest BCUT2D eigenvalue weighted by atomic mass is 10.2. The summed E-state index contributed by atoms with van der Waals surface area (Å²) in [4.78, 5) is 17.4. The van der Waals surface area contributed by atoms with Gasteiger partial charge in [-0.2, -0.15) is 0 Å². The quantitative estimate of drug-likeness (QED) is 0.765. The van der Waals surface area contributed by atoms with E-state index in [0.717, 1.165) is 15.8 Å². The van der Waals surface area contributed by atoms with Crippen molar-refractivity contribution in [2.45, 2.75) is 18.8 Å². The first kappa shape index (κ1) is 12.8. The average Bonchev–Trinajstić information content (AvgIpc) is 3.15. The van der Waals surface area contributed by atoms with Gasteiger partial charge in [-0.15, -0.1) is 22.7 Å². The second-order valence-electron chi connectivity index (χ2n) is 5.15. The lowest BCUT2D eigenvalue weighted by Crippen LogP contribution is -2.11. The minimum absolute atomic E-state index is 0.176. The molecule has 0 radical (unpaired) electrons. The summed E-state index contributed by atoms with van der Waals surface area (Å²) in [5.74, 6) is 0.423. The first-order chi connectivity index (χ1) is 10.2. The van der Waals surface area contributed by atoms with Gasteiger partial charge in [0, 0.05) is 21.4 Å². The number of nitrogens with two attached hydrogens (primary N) is 1. The SMILES string of the molecule is Nc1c(C(=O)Nc2nc(C3CC3)cs2)sc2ccccc12. The van der Waals surface area contributed by atoms with Gasteiger partial charge >= 0.3 is 0 Å². The minimum Gasteiger partial charge on any atom is -0.397 e. The van der Waals surface area contributed by atoms with E-state index in [1.165, 1.54) is 35.5 Å². The number of hydrogen-bond donors (Lipinski definition) is 2. The van der Waals surface area contributed by atoms with E-state index >= 15 is 0 Å². The summed E-state index contributed by atoms with van der Waals surface area (Å²) in [5, 5.41) is 6.48. The van der Waals surface area contributed by atoms with Crippen molar-refractivity contribution < 1.29 is 4.79 Å². The predicted octanol–water partition coefficient (Wildman–Crippen LogP) is 4.07. The maximum absolute atomic E-state index is 12.4. The first-order valence-corrected chi connectivity index (χ1v) is 8.46. The summed E-state index contributed by atoms with van der Waals surface area (Å²) in [6, 6.07) is 7.78. The van der Waals surface area contributed by atoms with E-state index in [1.807, 2.05) is 29.6 Å². The minimum atomic E-state index is -0.176. The normalized spacial score (nSPS) is 14.5. The van der Waals surface area contributed by atoms with Crippen LogP contribution in [0.4, 0.5) is 10.8 Å². The molecule has 0 saturated heterocycles. The monoisotopic (exact) mass is 315 g/mol. The summed E-state index contributed by atoms with van der Waals surface area (Å²) < 4.78 is 1.03. The summed E-state index contributed by atoms with van der Waals surface area (Å²) >= 11 is 2.89. The van der Waals surface area contributed by atoms with Crippen LogP contribution in [0.5, 0.6) is 0 Å². The number of anilines is 2. The summed E-state index contributed by atoms with van der Waals surface area (Å²) in [5.41, 5.74) is 7.73. The Morgan fingerprint density at radius 1 is 1.33 bits per heavy atom. The van der Waals surface area contributed by atoms with E-state index in [0.29, 0.717) is 21.6 Å². The van der Waals surface area contributed by atoms with Crippen LogP contribution < -0.4 is 11.1 Å². The first-order valence-electron chi connectivity index (χ1n) is 6.76. The Labute approximate surface area is 129 Å². The van der Waals surface area contributed by atoms with Crippen LogP contribution in [0.25, 0.3) is 10.1 Å². The Kier molecular flexibility index (Phi) is 2.94. The number of hydrogen-bond acceptors (Lipinski definition) is 5. The molecule has 0 unspecified atom stereocenters. The zero-order chi connectivity index (χ0) is 14.4. The topological polar surface area (TPSA) is 68.0 Å². The molecule has 0 bridgehead atoms. The van der Waals surface area contributed by atoms with Crippen LogP contribution in [-0.2, 0) is 0 Å².